The van der Waals surface area contributed by atoms with Crippen LogP contribution >= 0.6 is 11.3 Å². The van der Waals surface area contributed by atoms with Crippen molar-refractivity contribution >= 4 is 28.8 Å². The smallest absolute Gasteiger partial charge is 0.433 e. The topological polar surface area (TPSA) is 83.3 Å². The molecule has 1 atom stereocenters. The molecule has 1 saturated heterocycles. The van der Waals surface area contributed by atoms with E-state index in [-0.39, 0.29) is 34.4 Å². The molecular weight excluding hydrogens is 569 g/mol. The van der Waals surface area contributed by atoms with Gasteiger partial charge in [0.1, 0.15) is 11.3 Å². The van der Waals surface area contributed by atoms with Gasteiger partial charge in [0.05, 0.1) is 23.9 Å². The van der Waals surface area contributed by atoms with E-state index in [4.69, 9.17) is 4.74 Å². The number of rotatable bonds is 6. The Morgan fingerprint density at radius 1 is 1.05 bits per heavy atom. The fourth-order valence-corrected chi connectivity index (χ4v) is 6.28. The third kappa shape index (κ3) is 5.45. The van der Waals surface area contributed by atoms with Gasteiger partial charge < -0.3 is 14.5 Å². The van der Waals surface area contributed by atoms with Crippen LogP contribution in [0.4, 0.5) is 13.2 Å². The minimum absolute atomic E-state index is 0.0156. The molecule has 1 fully saturated rings. The van der Waals surface area contributed by atoms with E-state index in [1.54, 1.807) is 48.2 Å². The first kappa shape index (κ1) is 29.5. The number of aromatic nitrogens is 3. The zero-order valence-electron chi connectivity index (χ0n) is 23.9. The number of nitrogens with zero attached hydrogens (tertiary/aromatic N) is 6. The summed E-state index contributed by atoms with van der Waals surface area (Å²) in [7, 11) is 4.93. The van der Waals surface area contributed by atoms with Crippen molar-refractivity contribution in [3.8, 4) is 17.0 Å². The predicted molar refractivity (Wildman–Crippen MR) is 153 cm³/mol. The van der Waals surface area contributed by atoms with Crippen LogP contribution in [0.15, 0.2) is 42.6 Å². The Bertz CT molecular complexity index is 1620. The number of fused-ring (bicyclic) bond motifs is 1. The lowest BCUT2D eigenvalue weighted by Crippen LogP contribution is -2.49. The van der Waals surface area contributed by atoms with E-state index in [0.29, 0.717) is 42.4 Å². The zero-order valence-corrected chi connectivity index (χ0v) is 24.7. The van der Waals surface area contributed by atoms with Crippen molar-refractivity contribution in [3.63, 3.8) is 0 Å². The minimum Gasteiger partial charge on any atom is -0.497 e. The molecule has 4 aromatic rings. The van der Waals surface area contributed by atoms with E-state index in [1.807, 2.05) is 12.1 Å². The normalized spacial score (nSPS) is 15.2. The van der Waals surface area contributed by atoms with Crippen LogP contribution in [0.2, 0.25) is 0 Å². The number of amides is 2. The van der Waals surface area contributed by atoms with E-state index in [1.165, 1.54) is 31.6 Å². The van der Waals surface area contributed by atoms with Gasteiger partial charge in [0.2, 0.25) is 0 Å². The maximum atomic E-state index is 14.3. The van der Waals surface area contributed by atoms with Crippen LogP contribution in [-0.4, -0.2) is 88.5 Å². The number of carbonyl (C=O) groups is 2. The molecule has 2 amide bonds. The first-order chi connectivity index (χ1) is 19.9. The number of hydrogen-bond donors (Lipinski definition) is 0. The van der Waals surface area contributed by atoms with Crippen molar-refractivity contribution in [2.24, 2.45) is 0 Å². The van der Waals surface area contributed by atoms with E-state index in [9.17, 15) is 22.8 Å². The fraction of sp³-hybridized carbons (Fsp3) is 0.379. The van der Waals surface area contributed by atoms with E-state index in [0.717, 1.165) is 9.39 Å². The van der Waals surface area contributed by atoms with Gasteiger partial charge in [-0.25, -0.2) is 9.50 Å². The summed E-state index contributed by atoms with van der Waals surface area (Å²) in [4.78, 5) is 37.6. The summed E-state index contributed by atoms with van der Waals surface area (Å²) in [6.45, 7) is 5.32. The largest absolute Gasteiger partial charge is 0.497 e. The first-order valence-electron chi connectivity index (χ1n) is 13.3. The molecule has 42 heavy (non-hydrogen) atoms. The quantitative estimate of drug-likeness (QED) is 0.309. The van der Waals surface area contributed by atoms with Crippen molar-refractivity contribution in [2.75, 3.05) is 47.4 Å². The highest BCUT2D eigenvalue weighted by molar-refractivity contribution is 7.14. The van der Waals surface area contributed by atoms with Crippen molar-refractivity contribution in [2.45, 2.75) is 26.1 Å². The van der Waals surface area contributed by atoms with E-state index >= 15 is 0 Å². The highest BCUT2D eigenvalue weighted by atomic mass is 32.1. The Morgan fingerprint density at radius 2 is 1.71 bits per heavy atom. The molecule has 0 saturated carbocycles. The Labute approximate surface area is 245 Å². The monoisotopic (exact) mass is 600 g/mol. The lowest BCUT2D eigenvalue weighted by atomic mass is 10.0. The summed E-state index contributed by atoms with van der Waals surface area (Å²) in [6.07, 6.45) is -3.56. The fourth-order valence-electron chi connectivity index (χ4n) is 5.16. The van der Waals surface area contributed by atoms with Gasteiger partial charge in [0.15, 0.2) is 11.3 Å². The highest BCUT2D eigenvalue weighted by Crippen LogP contribution is 2.37. The molecule has 3 aromatic heterocycles. The van der Waals surface area contributed by atoms with Gasteiger partial charge in [0, 0.05) is 62.3 Å². The number of piperazine rings is 1. The molecule has 0 N–H and O–H groups in total. The number of thiophene rings is 1. The van der Waals surface area contributed by atoms with Gasteiger partial charge in [0.25, 0.3) is 11.8 Å². The highest BCUT2D eigenvalue weighted by Gasteiger charge is 2.39. The molecule has 0 unspecified atom stereocenters. The number of ether oxygens (including phenoxy) is 1. The first-order valence-corrected chi connectivity index (χ1v) is 14.2. The Balaban J connectivity index is 1.40. The SMILES string of the molecule is COc1ccc(-c2nc3c(C(=O)N4CCN([C@H](C)c5ccc(C(=O)N(C)C)s5)CC4)cnn3c(C(F)(F)F)c2C)cc1. The van der Waals surface area contributed by atoms with Crippen molar-refractivity contribution in [3.05, 3.63) is 69.2 Å². The van der Waals surface area contributed by atoms with Gasteiger partial charge >= 0.3 is 6.18 Å². The maximum Gasteiger partial charge on any atom is 0.433 e. The molecule has 0 bridgehead atoms. The zero-order chi connectivity index (χ0) is 30.3. The predicted octanol–water partition coefficient (Wildman–Crippen LogP) is 5.01. The Hall–Kier alpha value is -3.97. The molecule has 9 nitrogen and oxygen atoms in total. The molecule has 1 aliphatic rings. The summed E-state index contributed by atoms with van der Waals surface area (Å²) >= 11 is 1.45. The van der Waals surface area contributed by atoms with Crippen LogP contribution in [0, 0.1) is 6.92 Å². The molecule has 1 aliphatic heterocycles. The summed E-state index contributed by atoms with van der Waals surface area (Å²) in [5, 5.41) is 3.96. The second-order valence-electron chi connectivity index (χ2n) is 10.4. The molecule has 5 rings (SSSR count). The second kappa shape index (κ2) is 11.4. The summed E-state index contributed by atoms with van der Waals surface area (Å²) in [5.41, 5.74) is -0.604. The standard InChI is InChI=1S/C29H31F3N6O3S/c1-17-24(19-6-8-20(41-5)9-7-19)34-26-21(16-33-38(26)25(17)29(30,31)32)27(39)37-14-12-36(13-15-37)18(2)22-10-11-23(42-22)28(40)35(3)4/h6-11,16,18H,12-15H2,1-5H3/t18-/m1/s1. The third-order valence-electron chi connectivity index (χ3n) is 7.55. The average Bonchev–Trinajstić information content (AvgIpc) is 3.63. The summed E-state index contributed by atoms with van der Waals surface area (Å²) < 4.78 is 48.7. The van der Waals surface area contributed by atoms with Crippen LogP contribution in [0.3, 0.4) is 0 Å². The summed E-state index contributed by atoms with van der Waals surface area (Å²) in [6, 6.07) is 10.4. The van der Waals surface area contributed by atoms with Gasteiger partial charge in [-0.2, -0.15) is 18.3 Å². The lowest BCUT2D eigenvalue weighted by molar-refractivity contribution is -0.143. The number of carbonyl (C=O) groups excluding carboxylic acids is 2. The van der Waals surface area contributed by atoms with Crippen LogP contribution in [0.5, 0.6) is 5.75 Å². The van der Waals surface area contributed by atoms with E-state index in [2.05, 4.69) is 21.9 Å². The number of halogens is 3. The maximum absolute atomic E-state index is 14.3. The number of methoxy groups -OCH3 is 1. The second-order valence-corrected chi connectivity index (χ2v) is 11.5. The van der Waals surface area contributed by atoms with Crippen LogP contribution in [0.1, 0.15) is 49.1 Å². The van der Waals surface area contributed by atoms with Crippen LogP contribution < -0.4 is 4.74 Å². The molecule has 222 valence electrons. The molecule has 1 aromatic carbocycles. The molecule has 13 heteroatoms. The minimum atomic E-state index is -4.72. The van der Waals surface area contributed by atoms with Crippen molar-refractivity contribution in [1.82, 2.24) is 29.3 Å². The van der Waals surface area contributed by atoms with Gasteiger partial charge in [-0.05, 0) is 50.2 Å². The average molecular weight is 601 g/mol. The lowest BCUT2D eigenvalue weighted by Gasteiger charge is -2.37. The van der Waals surface area contributed by atoms with E-state index < -0.39 is 17.8 Å². The number of alkyl halides is 3. The number of hydrogen-bond acceptors (Lipinski definition) is 7. The van der Waals surface area contributed by atoms with Crippen LogP contribution in [-0.2, 0) is 6.18 Å². The molecule has 0 spiro atoms. The molecular formula is C29H31F3N6O3S. The number of benzene rings is 1. The molecule has 0 radical (unpaired) electrons. The van der Waals surface area contributed by atoms with Gasteiger partial charge in [-0.15, -0.1) is 11.3 Å². The Kier molecular flexibility index (Phi) is 7.99. The van der Waals surface area contributed by atoms with Gasteiger partial charge in [-0.1, -0.05) is 0 Å². The Morgan fingerprint density at radius 3 is 2.31 bits per heavy atom. The van der Waals surface area contributed by atoms with Crippen LogP contribution in [0.25, 0.3) is 16.9 Å². The summed E-state index contributed by atoms with van der Waals surface area (Å²) in [5.74, 6) is 0.0936. The molecule has 4 heterocycles. The van der Waals surface area contributed by atoms with Crippen molar-refractivity contribution in [1.29, 1.82) is 0 Å². The molecule has 0 aliphatic carbocycles. The van der Waals surface area contributed by atoms with Gasteiger partial charge in [-0.3, -0.25) is 14.5 Å². The third-order valence-corrected chi connectivity index (χ3v) is 8.79. The van der Waals surface area contributed by atoms with Crippen molar-refractivity contribution < 1.29 is 27.5 Å².